The summed E-state index contributed by atoms with van der Waals surface area (Å²) in [7, 11) is 5.40. The number of ether oxygens (including phenoxy) is 1. The van der Waals surface area contributed by atoms with Crippen LogP contribution in [-0.4, -0.2) is 55.1 Å². The number of benzene rings is 1. The van der Waals surface area contributed by atoms with E-state index in [1.54, 1.807) is 24.3 Å². The van der Waals surface area contributed by atoms with E-state index >= 15 is 0 Å². The number of nitrogens with one attached hydrogen (secondary N) is 2. The minimum absolute atomic E-state index is 0.356. The van der Waals surface area contributed by atoms with Crippen molar-refractivity contribution >= 4 is 23.3 Å². The van der Waals surface area contributed by atoms with Crippen molar-refractivity contribution in [2.24, 2.45) is 0 Å². The highest BCUT2D eigenvalue weighted by Crippen LogP contribution is 2.17. The molecule has 1 heterocycles. The van der Waals surface area contributed by atoms with Crippen LogP contribution in [0.2, 0.25) is 0 Å². The van der Waals surface area contributed by atoms with Gasteiger partial charge in [-0.3, -0.25) is 0 Å². The Morgan fingerprint density at radius 1 is 1.17 bits per heavy atom. The number of methoxy groups -OCH3 is 1. The van der Waals surface area contributed by atoms with Crippen LogP contribution in [0.1, 0.15) is 10.4 Å². The summed E-state index contributed by atoms with van der Waals surface area (Å²) in [4.78, 5) is 21.9. The van der Waals surface area contributed by atoms with E-state index < -0.39 is 0 Å². The summed E-state index contributed by atoms with van der Waals surface area (Å²) >= 11 is 0. The third kappa shape index (κ3) is 5.23. The Balaban J connectivity index is 1.98. The monoisotopic (exact) mass is 315 g/mol. The lowest BCUT2D eigenvalue weighted by molar-refractivity contribution is 0.0601. The molecule has 0 aliphatic carbocycles. The first-order valence-corrected chi connectivity index (χ1v) is 7.24. The van der Waals surface area contributed by atoms with E-state index in [2.05, 4.69) is 30.2 Å². The number of rotatable bonds is 7. The number of likely N-dealkylation sites (N-methyl/N-ethyl adjacent to an activating group) is 1. The van der Waals surface area contributed by atoms with E-state index in [1.165, 1.54) is 13.4 Å². The molecule has 1 aromatic carbocycles. The molecule has 2 N–H and O–H groups in total. The van der Waals surface area contributed by atoms with E-state index in [4.69, 9.17) is 0 Å². The SMILES string of the molecule is COC(=O)c1ccc(Nc2cc(NCCN(C)C)ncn2)cc1. The zero-order chi connectivity index (χ0) is 16.7. The molecule has 0 saturated heterocycles. The molecule has 1 aromatic heterocycles. The molecule has 7 nitrogen and oxygen atoms in total. The van der Waals surface area contributed by atoms with Crippen molar-refractivity contribution in [2.75, 3.05) is 44.9 Å². The van der Waals surface area contributed by atoms with Gasteiger partial charge in [0.05, 0.1) is 12.7 Å². The molecule has 0 spiro atoms. The average molecular weight is 315 g/mol. The number of carbonyl (C=O) groups is 1. The van der Waals surface area contributed by atoms with Gasteiger partial charge < -0.3 is 20.3 Å². The summed E-state index contributed by atoms with van der Waals surface area (Å²) in [6.45, 7) is 1.72. The molecule has 2 aromatic rings. The van der Waals surface area contributed by atoms with Crippen molar-refractivity contribution in [2.45, 2.75) is 0 Å². The maximum Gasteiger partial charge on any atom is 0.337 e. The molecule has 0 bridgehead atoms. The largest absolute Gasteiger partial charge is 0.465 e. The van der Waals surface area contributed by atoms with Gasteiger partial charge in [0.25, 0.3) is 0 Å². The van der Waals surface area contributed by atoms with Gasteiger partial charge in [-0.1, -0.05) is 0 Å². The molecule has 0 unspecified atom stereocenters. The maximum absolute atomic E-state index is 11.4. The maximum atomic E-state index is 11.4. The highest BCUT2D eigenvalue weighted by molar-refractivity contribution is 5.89. The molecule has 0 aliphatic heterocycles. The van der Waals surface area contributed by atoms with E-state index in [9.17, 15) is 4.79 Å². The van der Waals surface area contributed by atoms with Gasteiger partial charge in [-0.2, -0.15) is 0 Å². The predicted molar refractivity (Wildman–Crippen MR) is 90.1 cm³/mol. The second kappa shape index (κ2) is 8.09. The summed E-state index contributed by atoms with van der Waals surface area (Å²) in [5.74, 6) is 1.08. The van der Waals surface area contributed by atoms with Crippen LogP contribution in [0, 0.1) is 0 Å². The van der Waals surface area contributed by atoms with Gasteiger partial charge in [-0.25, -0.2) is 14.8 Å². The van der Waals surface area contributed by atoms with E-state index in [1.807, 2.05) is 20.2 Å². The number of aromatic nitrogens is 2. The third-order valence-electron chi connectivity index (χ3n) is 3.11. The molecule has 7 heteroatoms. The fourth-order valence-corrected chi connectivity index (χ4v) is 1.89. The van der Waals surface area contributed by atoms with E-state index in [0.29, 0.717) is 11.4 Å². The fraction of sp³-hybridized carbons (Fsp3) is 0.312. The van der Waals surface area contributed by atoms with Crippen LogP contribution in [-0.2, 0) is 4.74 Å². The third-order valence-corrected chi connectivity index (χ3v) is 3.11. The highest BCUT2D eigenvalue weighted by Gasteiger charge is 2.05. The normalized spacial score (nSPS) is 10.4. The Bertz CT molecular complexity index is 643. The number of carbonyl (C=O) groups excluding carboxylic acids is 1. The van der Waals surface area contributed by atoms with Crippen molar-refractivity contribution in [3.8, 4) is 0 Å². The lowest BCUT2D eigenvalue weighted by Gasteiger charge is -2.11. The quantitative estimate of drug-likeness (QED) is 0.756. The van der Waals surface area contributed by atoms with Crippen LogP contribution in [0.15, 0.2) is 36.7 Å². The number of hydrogen-bond acceptors (Lipinski definition) is 7. The van der Waals surface area contributed by atoms with Gasteiger partial charge in [0, 0.05) is 24.8 Å². The predicted octanol–water partition coefficient (Wildman–Crippen LogP) is 1.98. The summed E-state index contributed by atoms with van der Waals surface area (Å²) in [6.07, 6.45) is 1.50. The number of anilines is 3. The topological polar surface area (TPSA) is 79.4 Å². The first-order valence-electron chi connectivity index (χ1n) is 7.24. The molecule has 2 rings (SSSR count). The first kappa shape index (κ1) is 16.7. The van der Waals surface area contributed by atoms with Gasteiger partial charge in [0.1, 0.15) is 18.0 Å². The smallest absolute Gasteiger partial charge is 0.337 e. The fourth-order valence-electron chi connectivity index (χ4n) is 1.89. The van der Waals surface area contributed by atoms with Gasteiger partial charge in [0.15, 0.2) is 0 Å². The second-order valence-corrected chi connectivity index (χ2v) is 5.21. The zero-order valence-electron chi connectivity index (χ0n) is 13.5. The lowest BCUT2D eigenvalue weighted by atomic mass is 10.2. The number of hydrogen-bond donors (Lipinski definition) is 2. The minimum atomic E-state index is -0.356. The Morgan fingerprint density at radius 2 is 1.87 bits per heavy atom. The molecular weight excluding hydrogens is 294 g/mol. The number of nitrogens with zero attached hydrogens (tertiary/aromatic N) is 3. The molecule has 122 valence electrons. The lowest BCUT2D eigenvalue weighted by Crippen LogP contribution is -2.21. The van der Waals surface area contributed by atoms with Crippen LogP contribution in [0.4, 0.5) is 17.3 Å². The molecule has 0 atom stereocenters. The van der Waals surface area contributed by atoms with Gasteiger partial charge >= 0.3 is 5.97 Å². The average Bonchev–Trinajstić information content (AvgIpc) is 2.55. The Kier molecular flexibility index (Phi) is 5.87. The second-order valence-electron chi connectivity index (χ2n) is 5.21. The van der Waals surface area contributed by atoms with Crippen LogP contribution in [0.3, 0.4) is 0 Å². The Hall–Kier alpha value is -2.67. The number of esters is 1. The molecule has 0 radical (unpaired) electrons. The molecule has 0 aliphatic rings. The van der Waals surface area contributed by atoms with Crippen molar-refractivity contribution in [3.63, 3.8) is 0 Å². The van der Waals surface area contributed by atoms with Crippen LogP contribution < -0.4 is 10.6 Å². The summed E-state index contributed by atoms with van der Waals surface area (Å²) in [6, 6.07) is 8.84. The van der Waals surface area contributed by atoms with Crippen LogP contribution in [0.25, 0.3) is 0 Å². The van der Waals surface area contributed by atoms with E-state index in [0.717, 1.165) is 24.6 Å². The van der Waals surface area contributed by atoms with Crippen molar-refractivity contribution in [1.82, 2.24) is 14.9 Å². The van der Waals surface area contributed by atoms with Crippen LogP contribution in [0.5, 0.6) is 0 Å². The van der Waals surface area contributed by atoms with Gasteiger partial charge in [-0.15, -0.1) is 0 Å². The Labute approximate surface area is 135 Å². The summed E-state index contributed by atoms with van der Waals surface area (Å²) < 4.78 is 4.67. The van der Waals surface area contributed by atoms with Crippen molar-refractivity contribution < 1.29 is 9.53 Å². The molecule has 0 amide bonds. The summed E-state index contributed by atoms with van der Waals surface area (Å²) in [5.41, 5.74) is 1.34. The van der Waals surface area contributed by atoms with Gasteiger partial charge in [0.2, 0.25) is 0 Å². The highest BCUT2D eigenvalue weighted by atomic mass is 16.5. The van der Waals surface area contributed by atoms with Crippen LogP contribution >= 0.6 is 0 Å². The molecule has 23 heavy (non-hydrogen) atoms. The zero-order valence-corrected chi connectivity index (χ0v) is 13.5. The van der Waals surface area contributed by atoms with Crippen molar-refractivity contribution in [3.05, 3.63) is 42.2 Å². The molecule has 0 saturated carbocycles. The van der Waals surface area contributed by atoms with Crippen molar-refractivity contribution in [1.29, 1.82) is 0 Å². The van der Waals surface area contributed by atoms with E-state index in [-0.39, 0.29) is 5.97 Å². The Morgan fingerprint density at radius 3 is 2.52 bits per heavy atom. The molecular formula is C16H21N5O2. The van der Waals surface area contributed by atoms with Gasteiger partial charge in [-0.05, 0) is 38.4 Å². The minimum Gasteiger partial charge on any atom is -0.465 e. The summed E-state index contributed by atoms with van der Waals surface area (Å²) in [5, 5.41) is 6.41. The standard InChI is InChI=1S/C16H21N5O2/c1-21(2)9-8-17-14-10-15(19-11-18-14)20-13-6-4-12(5-7-13)16(22)23-3/h4-7,10-11H,8-9H2,1-3H3,(H2,17,18,19,20). The first-order chi connectivity index (χ1) is 11.1. The molecule has 0 fully saturated rings.